The lowest BCUT2D eigenvalue weighted by molar-refractivity contribution is 0.619. The molecule has 0 unspecified atom stereocenters. The molecule has 100 valence electrons. The molecular weight excluding hydrogens is 241 g/mol. The first-order valence-electron chi connectivity index (χ1n) is 6.42. The smallest absolute Gasteiger partial charge is 0.128 e. The maximum atomic E-state index is 13.5. The number of nitrogens with zero attached hydrogens (tertiary/aromatic N) is 1. The first-order valence-corrected chi connectivity index (χ1v) is 6.42. The van der Waals surface area contributed by atoms with Gasteiger partial charge in [0.05, 0.1) is 0 Å². The molecule has 0 amide bonds. The number of hydrogen-bond acceptors (Lipinski definition) is 3. The van der Waals surface area contributed by atoms with E-state index in [0.717, 1.165) is 30.2 Å². The van der Waals surface area contributed by atoms with Gasteiger partial charge in [-0.3, -0.25) is 0 Å². The van der Waals surface area contributed by atoms with E-state index in [-0.39, 0.29) is 5.82 Å². The number of benzene rings is 1. The third kappa shape index (κ3) is 3.44. The van der Waals surface area contributed by atoms with Crippen molar-refractivity contribution >= 4 is 17.2 Å². The number of hydrogen-bond donors (Lipinski definition) is 2. The molecule has 0 atom stereocenters. The SMILES string of the molecule is CCCNc1cc(Nc2cccc(F)c2C)ccn1. The number of pyridine rings is 1. The van der Waals surface area contributed by atoms with Crippen LogP contribution in [0.5, 0.6) is 0 Å². The predicted molar refractivity (Wildman–Crippen MR) is 77.4 cm³/mol. The Balaban J connectivity index is 2.16. The van der Waals surface area contributed by atoms with Gasteiger partial charge in [0.1, 0.15) is 11.6 Å². The highest BCUT2D eigenvalue weighted by Crippen LogP contribution is 2.23. The average molecular weight is 259 g/mol. The van der Waals surface area contributed by atoms with Crippen LogP contribution in [0.2, 0.25) is 0 Å². The molecule has 19 heavy (non-hydrogen) atoms. The molecule has 1 heterocycles. The van der Waals surface area contributed by atoms with Crippen molar-refractivity contribution in [2.75, 3.05) is 17.2 Å². The largest absolute Gasteiger partial charge is 0.370 e. The van der Waals surface area contributed by atoms with Crippen LogP contribution in [-0.4, -0.2) is 11.5 Å². The summed E-state index contributed by atoms with van der Waals surface area (Å²) >= 11 is 0. The van der Waals surface area contributed by atoms with Crippen molar-refractivity contribution in [3.8, 4) is 0 Å². The third-order valence-electron chi connectivity index (χ3n) is 2.86. The van der Waals surface area contributed by atoms with Crippen molar-refractivity contribution in [1.29, 1.82) is 0 Å². The van der Waals surface area contributed by atoms with Crippen molar-refractivity contribution in [1.82, 2.24) is 4.98 Å². The van der Waals surface area contributed by atoms with Gasteiger partial charge in [-0.15, -0.1) is 0 Å². The normalized spacial score (nSPS) is 10.3. The van der Waals surface area contributed by atoms with E-state index < -0.39 is 0 Å². The van der Waals surface area contributed by atoms with Gasteiger partial charge in [0.2, 0.25) is 0 Å². The van der Waals surface area contributed by atoms with Crippen molar-refractivity contribution in [3.05, 3.63) is 47.9 Å². The molecule has 0 aliphatic heterocycles. The average Bonchev–Trinajstić information content (AvgIpc) is 2.42. The van der Waals surface area contributed by atoms with Gasteiger partial charge in [0.15, 0.2) is 0 Å². The molecule has 0 bridgehead atoms. The van der Waals surface area contributed by atoms with Gasteiger partial charge in [-0.1, -0.05) is 13.0 Å². The molecule has 0 saturated heterocycles. The molecule has 0 aliphatic rings. The van der Waals surface area contributed by atoms with Crippen LogP contribution in [0.4, 0.5) is 21.6 Å². The summed E-state index contributed by atoms with van der Waals surface area (Å²) in [5.74, 6) is 0.615. The van der Waals surface area contributed by atoms with Crippen molar-refractivity contribution in [2.24, 2.45) is 0 Å². The van der Waals surface area contributed by atoms with Crippen LogP contribution in [0.25, 0.3) is 0 Å². The quantitative estimate of drug-likeness (QED) is 0.849. The molecule has 2 N–H and O–H groups in total. The van der Waals surface area contributed by atoms with Gasteiger partial charge in [0.25, 0.3) is 0 Å². The van der Waals surface area contributed by atoms with Gasteiger partial charge in [-0.25, -0.2) is 9.37 Å². The van der Waals surface area contributed by atoms with Crippen LogP contribution in [0.1, 0.15) is 18.9 Å². The van der Waals surface area contributed by atoms with E-state index in [1.807, 2.05) is 18.2 Å². The Hall–Kier alpha value is -2.10. The van der Waals surface area contributed by atoms with E-state index in [1.165, 1.54) is 6.07 Å². The predicted octanol–water partition coefficient (Wildman–Crippen LogP) is 4.09. The Morgan fingerprint density at radius 1 is 1.26 bits per heavy atom. The van der Waals surface area contributed by atoms with Gasteiger partial charge in [-0.05, 0) is 31.5 Å². The summed E-state index contributed by atoms with van der Waals surface area (Å²) in [4.78, 5) is 4.23. The highest BCUT2D eigenvalue weighted by Gasteiger charge is 2.04. The minimum Gasteiger partial charge on any atom is -0.370 e. The highest BCUT2D eigenvalue weighted by atomic mass is 19.1. The molecule has 2 rings (SSSR count). The number of aromatic nitrogens is 1. The maximum Gasteiger partial charge on any atom is 0.128 e. The van der Waals surface area contributed by atoms with E-state index in [1.54, 1.807) is 19.2 Å². The van der Waals surface area contributed by atoms with Crippen LogP contribution < -0.4 is 10.6 Å². The summed E-state index contributed by atoms with van der Waals surface area (Å²) in [6.07, 6.45) is 2.78. The van der Waals surface area contributed by atoms with Crippen LogP contribution >= 0.6 is 0 Å². The molecular formula is C15H18FN3. The zero-order valence-electron chi connectivity index (χ0n) is 11.2. The van der Waals surface area contributed by atoms with E-state index in [4.69, 9.17) is 0 Å². The fourth-order valence-corrected chi connectivity index (χ4v) is 1.76. The Labute approximate surface area is 112 Å². The molecule has 3 nitrogen and oxygen atoms in total. The summed E-state index contributed by atoms with van der Waals surface area (Å²) in [6, 6.07) is 8.79. The zero-order chi connectivity index (χ0) is 13.7. The Bertz CT molecular complexity index is 555. The van der Waals surface area contributed by atoms with E-state index in [0.29, 0.717) is 5.56 Å². The lowest BCUT2D eigenvalue weighted by atomic mass is 10.2. The number of nitrogens with one attached hydrogen (secondary N) is 2. The van der Waals surface area contributed by atoms with Crippen LogP contribution in [0.3, 0.4) is 0 Å². The minimum atomic E-state index is -0.205. The Morgan fingerprint density at radius 3 is 2.89 bits per heavy atom. The second-order valence-electron chi connectivity index (χ2n) is 4.39. The summed E-state index contributed by atoms with van der Waals surface area (Å²) in [7, 11) is 0. The fraction of sp³-hybridized carbons (Fsp3) is 0.267. The van der Waals surface area contributed by atoms with Gasteiger partial charge < -0.3 is 10.6 Å². The lowest BCUT2D eigenvalue weighted by Gasteiger charge is -2.11. The molecule has 1 aromatic carbocycles. The summed E-state index contributed by atoms with van der Waals surface area (Å²) in [5.41, 5.74) is 2.28. The van der Waals surface area contributed by atoms with Crippen LogP contribution in [0, 0.1) is 12.7 Å². The van der Waals surface area contributed by atoms with Crippen LogP contribution in [-0.2, 0) is 0 Å². The monoisotopic (exact) mass is 259 g/mol. The molecule has 0 radical (unpaired) electrons. The van der Waals surface area contributed by atoms with Gasteiger partial charge >= 0.3 is 0 Å². The standard InChI is InChI=1S/C15H18FN3/c1-3-8-17-15-10-12(7-9-18-15)19-14-6-4-5-13(16)11(14)2/h4-7,9-10H,3,8H2,1-2H3,(H2,17,18,19). The molecule has 0 aliphatic carbocycles. The molecule has 4 heteroatoms. The van der Waals surface area contributed by atoms with E-state index in [9.17, 15) is 4.39 Å². The summed E-state index contributed by atoms with van der Waals surface area (Å²) < 4.78 is 13.5. The molecule has 0 saturated carbocycles. The topological polar surface area (TPSA) is 37.0 Å². The van der Waals surface area contributed by atoms with E-state index in [2.05, 4.69) is 22.5 Å². The van der Waals surface area contributed by atoms with E-state index >= 15 is 0 Å². The molecule has 0 spiro atoms. The number of rotatable bonds is 5. The van der Waals surface area contributed by atoms with Crippen molar-refractivity contribution in [3.63, 3.8) is 0 Å². The lowest BCUT2D eigenvalue weighted by Crippen LogP contribution is -2.02. The first-order chi connectivity index (χ1) is 9.20. The fourth-order valence-electron chi connectivity index (χ4n) is 1.76. The second kappa shape index (κ2) is 6.18. The van der Waals surface area contributed by atoms with Crippen molar-refractivity contribution in [2.45, 2.75) is 20.3 Å². The van der Waals surface area contributed by atoms with Gasteiger partial charge in [-0.2, -0.15) is 0 Å². The minimum absolute atomic E-state index is 0.205. The molecule has 0 fully saturated rings. The first kappa shape index (κ1) is 13.3. The highest BCUT2D eigenvalue weighted by molar-refractivity contribution is 5.65. The van der Waals surface area contributed by atoms with Gasteiger partial charge in [0, 0.05) is 35.7 Å². The number of halogens is 1. The Kier molecular flexibility index (Phi) is 4.34. The summed E-state index contributed by atoms with van der Waals surface area (Å²) in [6.45, 7) is 4.75. The maximum absolute atomic E-state index is 13.5. The van der Waals surface area contributed by atoms with Crippen molar-refractivity contribution < 1.29 is 4.39 Å². The molecule has 2 aromatic rings. The number of anilines is 3. The Morgan fingerprint density at radius 2 is 2.11 bits per heavy atom. The molecule has 1 aromatic heterocycles. The summed E-state index contributed by atoms with van der Waals surface area (Å²) in [5, 5.41) is 6.43. The zero-order valence-corrected chi connectivity index (χ0v) is 11.2. The van der Waals surface area contributed by atoms with Crippen LogP contribution in [0.15, 0.2) is 36.5 Å². The second-order valence-corrected chi connectivity index (χ2v) is 4.39. The third-order valence-corrected chi connectivity index (χ3v) is 2.86.